The van der Waals surface area contributed by atoms with Gasteiger partial charge in [-0.1, -0.05) is 18.2 Å². The summed E-state index contributed by atoms with van der Waals surface area (Å²) in [6.45, 7) is 5.67. The third-order valence-electron chi connectivity index (χ3n) is 4.13. The largest absolute Gasteiger partial charge is 0.379 e. The van der Waals surface area contributed by atoms with Crippen LogP contribution in [0.3, 0.4) is 0 Å². The van der Waals surface area contributed by atoms with Crippen LogP contribution in [-0.4, -0.2) is 52.3 Å². The molecule has 1 aromatic carbocycles. The van der Waals surface area contributed by atoms with Crippen molar-refractivity contribution in [1.82, 2.24) is 19.4 Å². The second-order valence-electron chi connectivity index (χ2n) is 5.35. The van der Waals surface area contributed by atoms with Crippen LogP contribution in [0.15, 0.2) is 36.7 Å². The van der Waals surface area contributed by atoms with E-state index in [0.29, 0.717) is 0 Å². The van der Waals surface area contributed by atoms with Crippen LogP contribution in [0.5, 0.6) is 0 Å². The molecule has 0 aliphatic carbocycles. The van der Waals surface area contributed by atoms with Crippen molar-refractivity contribution in [2.24, 2.45) is 0 Å². The lowest BCUT2D eigenvalue weighted by Crippen LogP contribution is -2.38. The molecule has 5 nitrogen and oxygen atoms in total. The molecule has 0 radical (unpaired) electrons. The van der Waals surface area contributed by atoms with E-state index in [9.17, 15) is 0 Å². The first-order valence-electron chi connectivity index (χ1n) is 7.41. The molecule has 1 fully saturated rings. The summed E-state index contributed by atoms with van der Waals surface area (Å²) in [4.78, 5) is 11.5. The van der Waals surface area contributed by atoms with Crippen molar-refractivity contribution >= 4 is 22.1 Å². The summed E-state index contributed by atoms with van der Waals surface area (Å²) >= 11 is 0. The van der Waals surface area contributed by atoms with Crippen molar-refractivity contribution in [3.63, 3.8) is 0 Å². The van der Waals surface area contributed by atoms with Gasteiger partial charge in [0.15, 0.2) is 5.65 Å². The molecule has 5 heteroatoms. The zero-order chi connectivity index (χ0) is 14.1. The Hall–Kier alpha value is -1.98. The van der Waals surface area contributed by atoms with Crippen molar-refractivity contribution in [2.75, 3.05) is 32.8 Å². The van der Waals surface area contributed by atoms with Crippen LogP contribution in [0.1, 0.15) is 0 Å². The van der Waals surface area contributed by atoms with Gasteiger partial charge in [-0.05, 0) is 6.07 Å². The molecule has 4 rings (SSSR count). The number of nitrogens with zero attached hydrogens (tertiary/aromatic N) is 4. The summed E-state index contributed by atoms with van der Waals surface area (Å²) < 4.78 is 7.69. The molecule has 3 aromatic rings. The zero-order valence-electron chi connectivity index (χ0n) is 11.9. The monoisotopic (exact) mass is 282 g/mol. The zero-order valence-corrected chi connectivity index (χ0v) is 11.9. The van der Waals surface area contributed by atoms with E-state index in [1.54, 1.807) is 12.4 Å². The Morgan fingerprint density at radius 3 is 2.71 bits per heavy atom. The maximum atomic E-state index is 5.41. The molecular formula is C16H18N4O. The Kier molecular flexibility index (Phi) is 3.29. The molecule has 0 bridgehead atoms. The molecule has 1 aliphatic heterocycles. The smallest absolute Gasteiger partial charge is 0.159 e. The van der Waals surface area contributed by atoms with Gasteiger partial charge < -0.3 is 9.30 Å². The van der Waals surface area contributed by atoms with Crippen LogP contribution in [0, 0.1) is 0 Å². The number of morpholine rings is 1. The highest BCUT2D eigenvalue weighted by Crippen LogP contribution is 2.25. The van der Waals surface area contributed by atoms with Crippen LogP contribution in [-0.2, 0) is 11.3 Å². The standard InChI is InChI=1S/C16H18N4O/c1-2-4-14-13(3-1)15-16(18-6-5-17-15)20(14)8-7-19-9-11-21-12-10-19/h1-6H,7-12H2. The molecule has 0 unspecified atom stereocenters. The molecule has 0 N–H and O–H groups in total. The van der Waals surface area contributed by atoms with E-state index in [2.05, 4.69) is 43.7 Å². The first-order chi connectivity index (χ1) is 10.4. The number of benzene rings is 1. The second-order valence-corrected chi connectivity index (χ2v) is 5.35. The summed E-state index contributed by atoms with van der Waals surface area (Å²) in [6.07, 6.45) is 3.54. The van der Waals surface area contributed by atoms with E-state index >= 15 is 0 Å². The van der Waals surface area contributed by atoms with Gasteiger partial charge in [-0.3, -0.25) is 9.88 Å². The van der Waals surface area contributed by atoms with E-state index < -0.39 is 0 Å². The molecule has 0 saturated carbocycles. The van der Waals surface area contributed by atoms with Gasteiger partial charge in [0.1, 0.15) is 5.52 Å². The normalized spacial score (nSPS) is 16.8. The maximum absolute atomic E-state index is 5.41. The summed E-state index contributed by atoms with van der Waals surface area (Å²) in [7, 11) is 0. The lowest BCUT2D eigenvalue weighted by Gasteiger charge is -2.26. The van der Waals surface area contributed by atoms with Crippen molar-refractivity contribution in [3.05, 3.63) is 36.7 Å². The van der Waals surface area contributed by atoms with Crippen LogP contribution in [0.4, 0.5) is 0 Å². The van der Waals surface area contributed by atoms with Crippen molar-refractivity contribution in [2.45, 2.75) is 6.54 Å². The highest BCUT2D eigenvalue weighted by molar-refractivity contribution is 6.04. The predicted octanol–water partition coefficient (Wildman–Crippen LogP) is 1.92. The predicted molar refractivity (Wildman–Crippen MR) is 82.3 cm³/mol. The van der Waals surface area contributed by atoms with E-state index in [-0.39, 0.29) is 0 Å². The van der Waals surface area contributed by atoms with E-state index in [1.807, 2.05) is 0 Å². The summed E-state index contributed by atoms with van der Waals surface area (Å²) in [5.41, 5.74) is 3.19. The maximum Gasteiger partial charge on any atom is 0.159 e. The van der Waals surface area contributed by atoms with Gasteiger partial charge in [0.25, 0.3) is 0 Å². The molecule has 0 amide bonds. The van der Waals surface area contributed by atoms with Gasteiger partial charge >= 0.3 is 0 Å². The van der Waals surface area contributed by atoms with Gasteiger partial charge in [-0.2, -0.15) is 0 Å². The Bertz CT molecular complexity index is 708. The Morgan fingerprint density at radius 1 is 1.00 bits per heavy atom. The lowest BCUT2D eigenvalue weighted by molar-refractivity contribution is 0.0366. The molecule has 1 saturated heterocycles. The SMILES string of the molecule is c1ccc2c(c1)c1nccnc1n2CCN1CCOCC1. The summed E-state index contributed by atoms with van der Waals surface area (Å²) in [5.74, 6) is 0. The summed E-state index contributed by atoms with van der Waals surface area (Å²) in [6, 6.07) is 8.41. The summed E-state index contributed by atoms with van der Waals surface area (Å²) in [5, 5.41) is 1.18. The molecule has 3 heterocycles. The third-order valence-corrected chi connectivity index (χ3v) is 4.13. The molecule has 0 spiro atoms. The molecule has 108 valence electrons. The first-order valence-corrected chi connectivity index (χ1v) is 7.41. The quantitative estimate of drug-likeness (QED) is 0.736. The minimum Gasteiger partial charge on any atom is -0.379 e. The van der Waals surface area contributed by atoms with Crippen LogP contribution < -0.4 is 0 Å². The molecule has 0 atom stereocenters. The fourth-order valence-corrected chi connectivity index (χ4v) is 3.03. The minimum atomic E-state index is 0.840. The van der Waals surface area contributed by atoms with Crippen LogP contribution >= 0.6 is 0 Å². The number of hydrogen-bond acceptors (Lipinski definition) is 4. The topological polar surface area (TPSA) is 43.2 Å². The van der Waals surface area contributed by atoms with Crippen LogP contribution in [0.25, 0.3) is 22.1 Å². The van der Waals surface area contributed by atoms with E-state index in [0.717, 1.165) is 50.6 Å². The van der Waals surface area contributed by atoms with Gasteiger partial charge in [-0.15, -0.1) is 0 Å². The van der Waals surface area contributed by atoms with Gasteiger partial charge in [-0.25, -0.2) is 4.98 Å². The van der Waals surface area contributed by atoms with E-state index in [4.69, 9.17) is 4.74 Å². The highest BCUT2D eigenvalue weighted by Gasteiger charge is 2.14. The number of rotatable bonds is 3. The number of para-hydroxylation sites is 1. The Labute approximate surface area is 123 Å². The molecule has 1 aliphatic rings. The number of ether oxygens (including phenoxy) is 1. The second kappa shape index (κ2) is 5.42. The third kappa shape index (κ3) is 2.28. The average Bonchev–Trinajstić information content (AvgIpc) is 2.88. The number of hydrogen-bond donors (Lipinski definition) is 0. The van der Waals surface area contributed by atoms with E-state index in [1.165, 1.54) is 10.9 Å². The fraction of sp³-hybridized carbons (Fsp3) is 0.375. The van der Waals surface area contributed by atoms with Gasteiger partial charge in [0.2, 0.25) is 0 Å². The van der Waals surface area contributed by atoms with Gasteiger partial charge in [0, 0.05) is 44.0 Å². The molecule has 2 aromatic heterocycles. The lowest BCUT2D eigenvalue weighted by atomic mass is 10.2. The highest BCUT2D eigenvalue weighted by atomic mass is 16.5. The average molecular weight is 282 g/mol. The minimum absolute atomic E-state index is 0.840. The number of aromatic nitrogens is 3. The van der Waals surface area contributed by atoms with Crippen molar-refractivity contribution < 1.29 is 4.74 Å². The fourth-order valence-electron chi connectivity index (χ4n) is 3.03. The van der Waals surface area contributed by atoms with Gasteiger partial charge in [0.05, 0.1) is 18.7 Å². The Morgan fingerprint density at radius 2 is 1.81 bits per heavy atom. The number of fused-ring (bicyclic) bond motifs is 3. The Balaban J connectivity index is 1.71. The first kappa shape index (κ1) is 12.7. The van der Waals surface area contributed by atoms with Crippen LogP contribution in [0.2, 0.25) is 0 Å². The molecular weight excluding hydrogens is 264 g/mol. The van der Waals surface area contributed by atoms with Crippen molar-refractivity contribution in [1.29, 1.82) is 0 Å². The molecule has 21 heavy (non-hydrogen) atoms. The van der Waals surface area contributed by atoms with Crippen molar-refractivity contribution in [3.8, 4) is 0 Å².